The molecule has 1 unspecified atom stereocenters. The van der Waals surface area contributed by atoms with Gasteiger partial charge in [-0.05, 0) is 61.6 Å². The van der Waals surface area contributed by atoms with Crippen molar-refractivity contribution < 1.29 is 9.59 Å². The zero-order valence-electron chi connectivity index (χ0n) is 17.2. The lowest BCUT2D eigenvalue weighted by Crippen LogP contribution is -2.39. The number of nitrogens with two attached hydrogens (primary N) is 1. The molecule has 3 atom stereocenters. The van der Waals surface area contributed by atoms with Crippen LogP contribution >= 0.6 is 0 Å². The molecule has 2 N–H and O–H groups in total. The molecule has 2 amide bonds. The van der Waals surface area contributed by atoms with Gasteiger partial charge in [0.05, 0.1) is 0 Å². The van der Waals surface area contributed by atoms with Gasteiger partial charge >= 0.3 is 0 Å². The van der Waals surface area contributed by atoms with E-state index in [1.165, 1.54) is 5.56 Å². The van der Waals surface area contributed by atoms with E-state index in [9.17, 15) is 9.59 Å². The fourth-order valence-corrected chi connectivity index (χ4v) is 4.86. The van der Waals surface area contributed by atoms with Gasteiger partial charge in [-0.2, -0.15) is 0 Å². The maximum atomic E-state index is 13.2. The van der Waals surface area contributed by atoms with Crippen molar-refractivity contribution in [2.24, 2.45) is 17.6 Å². The average molecular weight is 392 g/mol. The van der Waals surface area contributed by atoms with Gasteiger partial charge in [-0.15, -0.1) is 0 Å². The number of hydrogen-bond acceptors (Lipinski definition) is 3. The number of likely N-dealkylation sites (tertiary alicyclic amines) is 1. The second-order valence-electron chi connectivity index (χ2n) is 8.43. The van der Waals surface area contributed by atoms with Crippen LogP contribution in [-0.2, 0) is 9.59 Å². The number of aryl methyl sites for hydroxylation is 2. The Hall–Kier alpha value is -2.66. The molecule has 2 aliphatic rings. The van der Waals surface area contributed by atoms with E-state index in [-0.39, 0.29) is 23.7 Å². The molecule has 2 fully saturated rings. The number of carbonyl (C=O) groups is 2. The lowest BCUT2D eigenvalue weighted by Gasteiger charge is -2.21. The summed E-state index contributed by atoms with van der Waals surface area (Å²) < 4.78 is 0. The zero-order valence-corrected chi connectivity index (χ0v) is 17.2. The van der Waals surface area contributed by atoms with Crippen molar-refractivity contribution in [1.82, 2.24) is 4.90 Å². The molecular weight excluding hydrogens is 362 g/mol. The minimum absolute atomic E-state index is 0.0428. The molecule has 5 nitrogen and oxygen atoms in total. The molecular formula is C24H29N3O2. The first-order valence-corrected chi connectivity index (χ1v) is 10.4. The Bertz CT molecular complexity index is 891. The Labute approximate surface area is 172 Å². The molecule has 0 radical (unpaired) electrons. The van der Waals surface area contributed by atoms with Crippen LogP contribution in [-0.4, -0.2) is 42.9 Å². The molecule has 0 spiro atoms. The number of amides is 2. The Morgan fingerprint density at radius 3 is 2.41 bits per heavy atom. The first kappa shape index (κ1) is 19.6. The van der Waals surface area contributed by atoms with Gasteiger partial charge in [-0.25, -0.2) is 0 Å². The third-order valence-electron chi connectivity index (χ3n) is 6.30. The fourth-order valence-electron chi connectivity index (χ4n) is 4.86. The number of rotatable bonds is 4. The summed E-state index contributed by atoms with van der Waals surface area (Å²) in [6.45, 7) is 6.45. The molecule has 2 aromatic rings. The van der Waals surface area contributed by atoms with Gasteiger partial charge in [-0.1, -0.05) is 36.4 Å². The lowest BCUT2D eigenvalue weighted by atomic mass is 9.89. The Morgan fingerprint density at radius 1 is 1.07 bits per heavy atom. The van der Waals surface area contributed by atoms with E-state index < -0.39 is 5.92 Å². The summed E-state index contributed by atoms with van der Waals surface area (Å²) in [4.78, 5) is 30.0. The standard InChI is InChI=1S/C24H29N3O2/c1-16-10-17(2)12-20(11-16)27-9-8-21(24(27)29)23(28)26-14-19(13-25)22(15-26)18-6-4-3-5-7-18/h3-7,10-12,19,21-22H,8-9,13-15,25H2,1-2H3/t19-,21?,22+/m1/s1. The summed E-state index contributed by atoms with van der Waals surface area (Å²) in [6.07, 6.45) is 0.574. The predicted molar refractivity (Wildman–Crippen MR) is 115 cm³/mol. The van der Waals surface area contributed by atoms with E-state index >= 15 is 0 Å². The van der Waals surface area contributed by atoms with Gasteiger partial charge < -0.3 is 15.5 Å². The van der Waals surface area contributed by atoms with Gasteiger partial charge in [0, 0.05) is 31.2 Å². The normalized spacial score (nSPS) is 24.4. The summed E-state index contributed by atoms with van der Waals surface area (Å²) in [7, 11) is 0. The third kappa shape index (κ3) is 3.79. The molecule has 0 bridgehead atoms. The highest BCUT2D eigenvalue weighted by Gasteiger charge is 2.43. The molecule has 2 heterocycles. The molecule has 2 saturated heterocycles. The molecule has 4 rings (SSSR count). The molecule has 0 saturated carbocycles. The van der Waals surface area contributed by atoms with E-state index in [0.717, 1.165) is 16.8 Å². The number of nitrogens with zero attached hydrogens (tertiary/aromatic N) is 2. The van der Waals surface area contributed by atoms with Crippen LogP contribution < -0.4 is 10.6 Å². The number of benzene rings is 2. The van der Waals surface area contributed by atoms with Gasteiger partial charge in [0.1, 0.15) is 5.92 Å². The summed E-state index contributed by atoms with van der Waals surface area (Å²) >= 11 is 0. The van der Waals surface area contributed by atoms with Crippen molar-refractivity contribution in [3.63, 3.8) is 0 Å². The van der Waals surface area contributed by atoms with Crippen LogP contribution in [0.25, 0.3) is 0 Å². The highest BCUT2D eigenvalue weighted by molar-refractivity contribution is 6.09. The molecule has 2 aliphatic heterocycles. The summed E-state index contributed by atoms with van der Waals surface area (Å²) in [5, 5.41) is 0. The SMILES string of the molecule is Cc1cc(C)cc(N2CCC(C(=O)N3C[C@@H](CN)[C@H](c4ccccc4)C3)C2=O)c1. The van der Waals surface area contributed by atoms with E-state index in [4.69, 9.17) is 5.73 Å². The molecule has 152 valence electrons. The zero-order chi connectivity index (χ0) is 20.5. The van der Waals surface area contributed by atoms with Crippen LogP contribution in [0.3, 0.4) is 0 Å². The van der Waals surface area contributed by atoms with E-state index in [2.05, 4.69) is 18.2 Å². The monoisotopic (exact) mass is 391 g/mol. The van der Waals surface area contributed by atoms with Crippen molar-refractivity contribution in [1.29, 1.82) is 0 Å². The van der Waals surface area contributed by atoms with Gasteiger partial charge in [0.2, 0.25) is 11.8 Å². The quantitative estimate of drug-likeness (QED) is 0.815. The second kappa shape index (κ2) is 7.99. The maximum absolute atomic E-state index is 13.2. The Balaban J connectivity index is 1.49. The molecule has 0 aliphatic carbocycles. The third-order valence-corrected chi connectivity index (χ3v) is 6.30. The average Bonchev–Trinajstić information content (AvgIpc) is 3.31. The maximum Gasteiger partial charge on any atom is 0.239 e. The highest BCUT2D eigenvalue weighted by atomic mass is 16.2. The fraction of sp³-hybridized carbons (Fsp3) is 0.417. The molecule has 29 heavy (non-hydrogen) atoms. The first-order valence-electron chi connectivity index (χ1n) is 10.4. The minimum Gasteiger partial charge on any atom is -0.341 e. The van der Waals surface area contributed by atoms with Crippen LogP contribution in [0.2, 0.25) is 0 Å². The second-order valence-corrected chi connectivity index (χ2v) is 8.43. The van der Waals surface area contributed by atoms with Crippen LogP contribution in [0.15, 0.2) is 48.5 Å². The smallest absolute Gasteiger partial charge is 0.239 e. The van der Waals surface area contributed by atoms with Crippen LogP contribution in [0.4, 0.5) is 5.69 Å². The lowest BCUT2D eigenvalue weighted by molar-refractivity contribution is -0.139. The summed E-state index contributed by atoms with van der Waals surface area (Å²) in [5.41, 5.74) is 10.4. The van der Waals surface area contributed by atoms with Crippen molar-refractivity contribution in [2.45, 2.75) is 26.2 Å². The van der Waals surface area contributed by atoms with E-state index in [1.807, 2.05) is 49.1 Å². The van der Waals surface area contributed by atoms with Crippen LogP contribution in [0, 0.1) is 25.7 Å². The van der Waals surface area contributed by atoms with Crippen molar-refractivity contribution >= 4 is 17.5 Å². The van der Waals surface area contributed by atoms with E-state index in [1.54, 1.807) is 4.90 Å². The summed E-state index contributed by atoms with van der Waals surface area (Å²) in [5.74, 6) is -0.236. The predicted octanol–water partition coefficient (Wildman–Crippen LogP) is 2.86. The number of anilines is 1. The van der Waals surface area contributed by atoms with Gasteiger partial charge in [0.25, 0.3) is 0 Å². The molecule has 2 aromatic carbocycles. The number of carbonyl (C=O) groups excluding carboxylic acids is 2. The van der Waals surface area contributed by atoms with Crippen molar-refractivity contribution in [2.75, 3.05) is 31.1 Å². The Morgan fingerprint density at radius 2 is 1.76 bits per heavy atom. The van der Waals surface area contributed by atoms with Crippen LogP contribution in [0.1, 0.15) is 29.0 Å². The summed E-state index contributed by atoms with van der Waals surface area (Å²) in [6, 6.07) is 16.4. The Kier molecular flexibility index (Phi) is 5.41. The van der Waals surface area contributed by atoms with E-state index in [0.29, 0.717) is 32.6 Å². The van der Waals surface area contributed by atoms with Crippen molar-refractivity contribution in [3.8, 4) is 0 Å². The molecule has 5 heteroatoms. The topological polar surface area (TPSA) is 66.6 Å². The van der Waals surface area contributed by atoms with Crippen molar-refractivity contribution in [3.05, 3.63) is 65.2 Å². The minimum atomic E-state index is -0.580. The first-order chi connectivity index (χ1) is 14.0. The number of hydrogen-bond donors (Lipinski definition) is 1. The van der Waals surface area contributed by atoms with Gasteiger partial charge in [-0.3, -0.25) is 9.59 Å². The highest BCUT2D eigenvalue weighted by Crippen LogP contribution is 2.35. The molecule has 0 aromatic heterocycles. The largest absolute Gasteiger partial charge is 0.341 e. The van der Waals surface area contributed by atoms with Gasteiger partial charge in [0.15, 0.2) is 0 Å². The van der Waals surface area contributed by atoms with Crippen LogP contribution in [0.5, 0.6) is 0 Å².